The van der Waals surface area contributed by atoms with E-state index in [2.05, 4.69) is 50.3 Å². The minimum absolute atomic E-state index is 0.00465. The van der Waals surface area contributed by atoms with Crippen LogP contribution in [0.2, 0.25) is 18.6 Å². The van der Waals surface area contributed by atoms with Crippen molar-refractivity contribution in [2.24, 2.45) is 5.92 Å². The first-order chi connectivity index (χ1) is 17.3. The molecule has 6 heteroatoms. The summed E-state index contributed by atoms with van der Waals surface area (Å²) in [7, 11) is -0.472. The Hall–Kier alpha value is -2.93. The molecule has 2 aliphatic heterocycles. The highest BCUT2D eigenvalue weighted by Crippen LogP contribution is 2.59. The van der Waals surface area contributed by atoms with Crippen molar-refractivity contribution < 1.29 is 19.4 Å². The summed E-state index contributed by atoms with van der Waals surface area (Å²) in [6.45, 7) is 7.43. The molecule has 4 atom stereocenters. The first-order valence-corrected chi connectivity index (χ1v) is 15.8. The number of fused-ring (bicyclic) bond motifs is 2. The highest BCUT2D eigenvalue weighted by molar-refractivity contribution is 6.91. The molecule has 1 saturated heterocycles. The molecule has 5 nitrogen and oxygen atoms in total. The minimum atomic E-state index is -2.15. The third-order valence-electron chi connectivity index (χ3n) is 8.34. The van der Waals surface area contributed by atoms with Gasteiger partial charge < -0.3 is 19.5 Å². The maximum atomic E-state index is 14.4. The number of carbonyl (C=O) groups excluding carboxylic acids is 1. The fourth-order valence-corrected chi connectivity index (χ4v) is 10.6. The zero-order valence-corrected chi connectivity index (χ0v) is 22.5. The lowest BCUT2D eigenvalue weighted by Gasteiger charge is -2.37. The van der Waals surface area contributed by atoms with Crippen molar-refractivity contribution in [3.63, 3.8) is 0 Å². The van der Waals surface area contributed by atoms with Gasteiger partial charge in [0.05, 0.1) is 33.5 Å². The molecule has 3 aromatic carbocycles. The summed E-state index contributed by atoms with van der Waals surface area (Å²) in [4.78, 5) is 16.3. The van der Waals surface area contributed by atoms with Crippen molar-refractivity contribution in [3.05, 3.63) is 90.0 Å². The molecule has 5 rings (SSSR count). The summed E-state index contributed by atoms with van der Waals surface area (Å²) in [6, 6.07) is 26.5. The van der Waals surface area contributed by atoms with Crippen LogP contribution in [0.3, 0.4) is 0 Å². The average Bonchev–Trinajstić information content (AvgIpc) is 3.32. The monoisotopic (exact) mass is 501 g/mol. The van der Waals surface area contributed by atoms with E-state index < -0.39 is 13.7 Å². The molecular weight excluding hydrogens is 466 g/mol. The summed E-state index contributed by atoms with van der Waals surface area (Å²) in [5.74, 6) is 0.788. The van der Waals surface area contributed by atoms with Crippen LogP contribution >= 0.6 is 0 Å². The Labute approximate surface area is 214 Å². The lowest BCUT2D eigenvalue weighted by Crippen LogP contribution is -2.51. The largest absolute Gasteiger partial charge is 0.497 e. The molecule has 1 spiro atoms. The van der Waals surface area contributed by atoms with Gasteiger partial charge in [0.1, 0.15) is 5.75 Å². The second-order valence-corrected chi connectivity index (χ2v) is 15.3. The number of para-hydroxylation sites is 1. The van der Waals surface area contributed by atoms with Crippen LogP contribution in [0.25, 0.3) is 0 Å². The van der Waals surface area contributed by atoms with E-state index in [1.54, 1.807) is 7.11 Å². The molecule has 0 saturated carbocycles. The van der Waals surface area contributed by atoms with E-state index >= 15 is 0 Å². The Kier molecular flexibility index (Phi) is 6.53. The Morgan fingerprint density at radius 1 is 1.00 bits per heavy atom. The molecule has 0 aromatic heterocycles. The van der Waals surface area contributed by atoms with Gasteiger partial charge in [-0.05, 0) is 35.7 Å². The Morgan fingerprint density at radius 2 is 1.67 bits per heavy atom. The van der Waals surface area contributed by atoms with Gasteiger partial charge in [0.25, 0.3) is 5.91 Å². The number of hydrogen-bond donors (Lipinski definition) is 1. The van der Waals surface area contributed by atoms with Crippen LogP contribution in [0.1, 0.15) is 24.5 Å². The summed E-state index contributed by atoms with van der Waals surface area (Å²) in [5.41, 5.74) is 2.05. The van der Waals surface area contributed by atoms with Gasteiger partial charge in [0.2, 0.25) is 0 Å². The molecule has 0 aliphatic carbocycles. The van der Waals surface area contributed by atoms with E-state index in [-0.39, 0.29) is 30.1 Å². The molecular formula is C30H35NO4Si. The second kappa shape index (κ2) is 9.50. The Morgan fingerprint density at radius 3 is 2.33 bits per heavy atom. The van der Waals surface area contributed by atoms with E-state index in [1.807, 2.05) is 53.4 Å². The number of ether oxygens (including phenoxy) is 2. The number of benzene rings is 3. The molecule has 3 aromatic rings. The number of carbonyl (C=O) groups is 1. The van der Waals surface area contributed by atoms with Gasteiger partial charge >= 0.3 is 0 Å². The lowest BCUT2D eigenvalue weighted by molar-refractivity contribution is -0.146. The summed E-state index contributed by atoms with van der Waals surface area (Å²) in [5, 5.41) is 11.3. The van der Waals surface area contributed by atoms with Gasteiger partial charge in [0, 0.05) is 18.1 Å². The number of aliphatic hydroxyl groups excluding tert-OH is 1. The van der Waals surface area contributed by atoms with Gasteiger partial charge in [-0.3, -0.25) is 4.79 Å². The third kappa shape index (κ3) is 3.79. The average molecular weight is 502 g/mol. The van der Waals surface area contributed by atoms with E-state index in [1.165, 1.54) is 5.19 Å². The number of aliphatic hydroxyl groups is 1. The molecule has 2 aliphatic rings. The van der Waals surface area contributed by atoms with Crippen LogP contribution in [-0.2, 0) is 21.7 Å². The summed E-state index contributed by atoms with van der Waals surface area (Å²) in [6.07, 6.45) is 0.305. The zero-order chi connectivity index (χ0) is 25.5. The molecule has 188 valence electrons. The van der Waals surface area contributed by atoms with Crippen LogP contribution in [0.5, 0.6) is 5.75 Å². The number of amides is 1. The number of hydrogen-bond acceptors (Lipinski definition) is 4. The van der Waals surface area contributed by atoms with Crippen LogP contribution in [0.15, 0.2) is 78.9 Å². The lowest BCUT2D eigenvalue weighted by atomic mass is 9.82. The van der Waals surface area contributed by atoms with Crippen molar-refractivity contribution in [3.8, 4) is 5.75 Å². The number of rotatable bonds is 7. The van der Waals surface area contributed by atoms with Gasteiger partial charge in [-0.25, -0.2) is 0 Å². The van der Waals surface area contributed by atoms with Crippen LogP contribution in [-0.4, -0.2) is 38.9 Å². The van der Waals surface area contributed by atoms with Gasteiger partial charge in [-0.2, -0.15) is 0 Å². The maximum Gasteiger partial charge on any atom is 0.264 e. The Balaban J connectivity index is 1.58. The van der Waals surface area contributed by atoms with Gasteiger partial charge in [-0.1, -0.05) is 85.9 Å². The van der Waals surface area contributed by atoms with Crippen molar-refractivity contribution in [1.29, 1.82) is 0 Å². The van der Waals surface area contributed by atoms with Crippen LogP contribution in [0.4, 0.5) is 5.69 Å². The standard InChI is InChI=1S/C30H35NO4Si/c1-21-28(36(3,4)24-16-14-23(34-2)15-17-24)27(18-19-32)35-30(21)25-12-8-9-13-26(25)31(29(30)33)20-22-10-6-5-7-11-22/h5-17,21,27-28,32H,18-20H2,1-4H3/t21-,27+,28-,30+/m1/s1. The summed E-state index contributed by atoms with van der Waals surface area (Å²) < 4.78 is 12.3. The molecule has 1 N–H and O–H groups in total. The predicted molar refractivity (Wildman–Crippen MR) is 145 cm³/mol. The minimum Gasteiger partial charge on any atom is -0.497 e. The predicted octanol–water partition coefficient (Wildman–Crippen LogP) is 4.84. The SMILES string of the molecule is COc1ccc([Si](C)(C)[C@H]2[C@H](CCO)O[C@@]3(C(=O)N(Cc4ccccc4)c4ccccc43)[C@@H]2C)cc1. The Bertz CT molecular complexity index is 1230. The quantitative estimate of drug-likeness (QED) is 0.471. The normalized spacial score (nSPS) is 25.4. The number of nitrogens with zero attached hydrogens (tertiary/aromatic N) is 1. The number of methoxy groups -OCH3 is 1. The second-order valence-electron chi connectivity index (χ2n) is 10.6. The van der Waals surface area contributed by atoms with E-state index in [0.29, 0.717) is 13.0 Å². The third-order valence-corrected chi connectivity index (χ3v) is 12.7. The highest BCUT2D eigenvalue weighted by atomic mass is 28.3. The molecule has 0 radical (unpaired) electrons. The molecule has 1 fully saturated rings. The fourth-order valence-electron chi connectivity index (χ4n) is 6.59. The first-order valence-electron chi connectivity index (χ1n) is 12.7. The molecule has 1 amide bonds. The molecule has 2 heterocycles. The van der Waals surface area contributed by atoms with Gasteiger partial charge in [0.15, 0.2) is 5.60 Å². The summed E-state index contributed by atoms with van der Waals surface area (Å²) >= 11 is 0. The van der Waals surface area contributed by atoms with E-state index in [9.17, 15) is 9.90 Å². The first kappa shape index (κ1) is 24.7. The number of anilines is 1. The smallest absolute Gasteiger partial charge is 0.264 e. The van der Waals surface area contributed by atoms with E-state index in [4.69, 9.17) is 9.47 Å². The van der Waals surface area contributed by atoms with Crippen LogP contribution < -0.4 is 14.8 Å². The maximum absolute atomic E-state index is 14.4. The fraction of sp³-hybridized carbons (Fsp3) is 0.367. The molecule has 0 bridgehead atoms. The molecule has 36 heavy (non-hydrogen) atoms. The van der Waals surface area contributed by atoms with Gasteiger partial charge in [-0.15, -0.1) is 0 Å². The van der Waals surface area contributed by atoms with Crippen molar-refractivity contribution in [2.75, 3.05) is 18.6 Å². The highest BCUT2D eigenvalue weighted by Gasteiger charge is 2.66. The van der Waals surface area contributed by atoms with Crippen molar-refractivity contribution in [1.82, 2.24) is 0 Å². The van der Waals surface area contributed by atoms with Crippen molar-refractivity contribution >= 4 is 24.9 Å². The zero-order valence-electron chi connectivity index (χ0n) is 21.5. The van der Waals surface area contributed by atoms with Crippen LogP contribution in [0, 0.1) is 5.92 Å². The topological polar surface area (TPSA) is 59.0 Å². The van der Waals surface area contributed by atoms with Crippen molar-refractivity contribution in [2.45, 2.75) is 50.2 Å². The van der Waals surface area contributed by atoms with E-state index in [0.717, 1.165) is 22.6 Å². The molecule has 0 unspecified atom stereocenters.